The number of aromatic nitrogens is 1. The zero-order valence-corrected chi connectivity index (χ0v) is 28.0. The third kappa shape index (κ3) is 5.54. The van der Waals surface area contributed by atoms with Crippen LogP contribution in [0.2, 0.25) is 0 Å². The number of furan rings is 2. The first kappa shape index (κ1) is 34.8. The van der Waals surface area contributed by atoms with Gasteiger partial charge < -0.3 is 42.4 Å². The maximum Gasteiger partial charge on any atom is 0.341 e. The fourth-order valence-corrected chi connectivity index (χ4v) is 8.11. The normalized spacial score (nSPS) is 32.2. The zero-order chi connectivity index (χ0) is 36.1. The highest BCUT2D eigenvalue weighted by Gasteiger charge is 2.87. The van der Waals surface area contributed by atoms with Crippen molar-refractivity contribution in [1.82, 2.24) is 4.98 Å². The Morgan fingerprint density at radius 2 is 1.46 bits per heavy atom. The number of aliphatic hydroxyl groups is 1. The highest BCUT2D eigenvalue weighted by molar-refractivity contribution is 5.90. The van der Waals surface area contributed by atoms with Crippen LogP contribution in [0.25, 0.3) is 0 Å². The lowest BCUT2D eigenvalue weighted by atomic mass is 9.46. The van der Waals surface area contributed by atoms with Gasteiger partial charge in [-0.25, -0.2) is 14.4 Å². The van der Waals surface area contributed by atoms with Gasteiger partial charge in [-0.3, -0.25) is 14.6 Å². The zero-order valence-electron chi connectivity index (χ0n) is 28.0. The first-order valence-electron chi connectivity index (χ1n) is 15.9. The van der Waals surface area contributed by atoms with Crippen molar-refractivity contribution in [3.8, 4) is 0 Å². The molecule has 50 heavy (non-hydrogen) atoms. The molecule has 6 rings (SSSR count). The van der Waals surface area contributed by atoms with Gasteiger partial charge in [0.1, 0.15) is 42.9 Å². The van der Waals surface area contributed by atoms with Crippen molar-refractivity contribution in [2.24, 2.45) is 11.3 Å². The van der Waals surface area contributed by atoms with Gasteiger partial charge >= 0.3 is 29.8 Å². The molecule has 8 atom stereocenters. The highest BCUT2D eigenvalue weighted by Crippen LogP contribution is 2.69. The Bertz CT molecular complexity index is 1750. The smallest absolute Gasteiger partial charge is 0.341 e. The average Bonchev–Trinajstić information content (AvgIpc) is 3.82. The van der Waals surface area contributed by atoms with E-state index in [2.05, 4.69) is 4.98 Å². The molecular weight excluding hydrogens is 658 g/mol. The third-order valence-corrected chi connectivity index (χ3v) is 10.0. The highest BCUT2D eigenvalue weighted by atomic mass is 16.6. The minimum absolute atomic E-state index is 0.0151. The lowest BCUT2D eigenvalue weighted by Crippen LogP contribution is -2.83. The van der Waals surface area contributed by atoms with Gasteiger partial charge in [-0.1, -0.05) is 0 Å². The molecule has 0 amide bonds. The maximum absolute atomic E-state index is 14.0. The first-order valence-corrected chi connectivity index (χ1v) is 15.9. The summed E-state index contributed by atoms with van der Waals surface area (Å²) in [7, 11) is 0. The van der Waals surface area contributed by atoms with Crippen LogP contribution in [-0.4, -0.2) is 87.8 Å². The minimum Gasteiger partial charge on any atom is -0.472 e. The van der Waals surface area contributed by atoms with Gasteiger partial charge in [-0.2, -0.15) is 0 Å². The molecule has 2 saturated carbocycles. The Hall–Kier alpha value is -5.02. The fourth-order valence-electron chi connectivity index (χ4n) is 8.11. The summed E-state index contributed by atoms with van der Waals surface area (Å²) in [6, 6.07) is 5.71. The van der Waals surface area contributed by atoms with Crippen LogP contribution in [0.5, 0.6) is 0 Å². The molecule has 1 saturated heterocycles. The van der Waals surface area contributed by atoms with E-state index in [-0.39, 0.29) is 29.5 Å². The summed E-state index contributed by atoms with van der Waals surface area (Å²) in [6.45, 7) is 6.29. The summed E-state index contributed by atoms with van der Waals surface area (Å²) < 4.78 is 47.5. The predicted octanol–water partition coefficient (Wildman–Crippen LogP) is 3.45. The standard InChI is InChI=1S/C35H37NO14/c1-19(37)45-18-34-24(47-30(40)22-9-13-43-16-22)8-11-33(5,42)35(34)27(48-31(41)23-10-14-44-17-23)25(32(3,4)50-35)26(46-20(2)38)28(34)49-29(39)21-7-6-12-36-15-21/h6-7,9-10,12-17,24-28,42H,8,11,18H2,1-5H3/t24-,25+,26+,27+,28+,33-,34-,35-/m0/s1. The molecule has 3 aliphatic rings. The third-order valence-electron chi connectivity index (χ3n) is 10.0. The molecule has 4 heterocycles. The van der Waals surface area contributed by atoms with Crippen molar-refractivity contribution in [2.45, 2.75) is 88.7 Å². The van der Waals surface area contributed by atoms with Gasteiger partial charge in [0.2, 0.25) is 0 Å². The number of carbonyl (C=O) groups is 5. The predicted molar refractivity (Wildman–Crippen MR) is 165 cm³/mol. The summed E-state index contributed by atoms with van der Waals surface area (Å²) in [5.74, 6) is -5.37. The monoisotopic (exact) mass is 695 g/mol. The number of nitrogens with zero attached hydrogens (tertiary/aromatic N) is 1. The summed E-state index contributed by atoms with van der Waals surface area (Å²) in [5, 5.41) is 12.6. The second-order valence-corrected chi connectivity index (χ2v) is 13.5. The van der Waals surface area contributed by atoms with Crippen molar-refractivity contribution >= 4 is 29.8 Å². The Balaban J connectivity index is 1.64. The number of hydrogen-bond donors (Lipinski definition) is 1. The summed E-state index contributed by atoms with van der Waals surface area (Å²) in [5.41, 5.74) is -7.55. The van der Waals surface area contributed by atoms with E-state index >= 15 is 0 Å². The number of esters is 5. The molecule has 2 aliphatic carbocycles. The van der Waals surface area contributed by atoms with Crippen molar-refractivity contribution in [3.63, 3.8) is 0 Å². The van der Waals surface area contributed by atoms with Crippen molar-refractivity contribution in [2.75, 3.05) is 6.61 Å². The van der Waals surface area contributed by atoms with E-state index in [1.54, 1.807) is 13.8 Å². The van der Waals surface area contributed by atoms with E-state index in [4.69, 9.17) is 37.3 Å². The minimum atomic E-state index is -2.15. The molecule has 3 aromatic heterocycles. The van der Waals surface area contributed by atoms with Crippen LogP contribution in [0.1, 0.15) is 78.5 Å². The van der Waals surface area contributed by atoms with E-state index in [1.165, 1.54) is 68.6 Å². The quantitative estimate of drug-likeness (QED) is 0.252. The molecule has 1 aliphatic heterocycles. The van der Waals surface area contributed by atoms with E-state index in [1.807, 2.05) is 0 Å². The largest absolute Gasteiger partial charge is 0.472 e. The number of ether oxygens (including phenoxy) is 6. The number of pyridine rings is 1. The van der Waals surface area contributed by atoms with Gasteiger partial charge in [0.15, 0.2) is 11.7 Å². The molecular formula is C35H37NO14. The van der Waals surface area contributed by atoms with Gasteiger partial charge in [-0.15, -0.1) is 0 Å². The van der Waals surface area contributed by atoms with Gasteiger partial charge in [0, 0.05) is 26.2 Å². The first-order chi connectivity index (χ1) is 23.6. The van der Waals surface area contributed by atoms with Gasteiger partial charge in [0.05, 0.1) is 46.3 Å². The van der Waals surface area contributed by atoms with Crippen LogP contribution in [0.15, 0.2) is 70.5 Å². The molecule has 3 aromatic rings. The van der Waals surface area contributed by atoms with Crippen molar-refractivity contribution in [1.29, 1.82) is 0 Å². The van der Waals surface area contributed by atoms with E-state index in [0.717, 1.165) is 13.8 Å². The number of rotatable bonds is 9. The summed E-state index contributed by atoms with van der Waals surface area (Å²) in [4.78, 5) is 70.9. The molecule has 15 nitrogen and oxygen atoms in total. The SMILES string of the molecule is CC(=O)OC[C@@]12[C@@H](OC(=O)c3ccoc3)CC[C@](C)(O)[C@]13OC(C)(C)[C@H]([C@@H](OC(C)=O)[C@H]2OC(=O)c1cccnc1)[C@H]3OC(=O)c1ccoc1. The molecule has 0 radical (unpaired) electrons. The van der Waals surface area contributed by atoms with E-state index in [0.29, 0.717) is 0 Å². The van der Waals surface area contributed by atoms with Gasteiger partial charge in [0.25, 0.3) is 0 Å². The van der Waals surface area contributed by atoms with Crippen LogP contribution in [0, 0.1) is 11.3 Å². The van der Waals surface area contributed by atoms with Crippen molar-refractivity contribution in [3.05, 3.63) is 78.4 Å². The van der Waals surface area contributed by atoms with Crippen LogP contribution < -0.4 is 0 Å². The lowest BCUT2D eigenvalue weighted by Gasteiger charge is -2.65. The Morgan fingerprint density at radius 1 is 0.840 bits per heavy atom. The van der Waals surface area contributed by atoms with Gasteiger partial charge in [-0.05, 0) is 57.9 Å². The lowest BCUT2D eigenvalue weighted by molar-refractivity contribution is -0.346. The molecule has 0 aromatic carbocycles. The van der Waals surface area contributed by atoms with Crippen LogP contribution in [-0.2, 0) is 38.0 Å². The topological polar surface area (TPSA) is 200 Å². The number of hydrogen-bond acceptors (Lipinski definition) is 15. The molecule has 0 unspecified atom stereocenters. The van der Waals surface area contributed by atoms with Crippen LogP contribution in [0.3, 0.4) is 0 Å². The van der Waals surface area contributed by atoms with E-state index in [9.17, 15) is 29.1 Å². The number of fused-ring (bicyclic) bond motifs is 1. The average molecular weight is 696 g/mol. The summed E-state index contributed by atoms with van der Waals surface area (Å²) >= 11 is 0. The second-order valence-electron chi connectivity index (χ2n) is 13.5. The second kappa shape index (κ2) is 12.7. The van der Waals surface area contributed by atoms with Crippen LogP contribution >= 0.6 is 0 Å². The molecule has 2 bridgehead atoms. The fraction of sp³-hybridized carbons (Fsp3) is 0.486. The Kier molecular flexibility index (Phi) is 8.85. The van der Waals surface area contributed by atoms with E-state index < -0.39 is 89.0 Å². The van der Waals surface area contributed by atoms with Crippen molar-refractivity contribution < 1.29 is 66.3 Å². The molecule has 3 fully saturated rings. The summed E-state index contributed by atoms with van der Waals surface area (Å²) in [6.07, 6.45) is 1.39. The Labute approximate surface area is 286 Å². The van der Waals surface area contributed by atoms with Crippen LogP contribution in [0.4, 0.5) is 0 Å². The molecule has 266 valence electrons. The maximum atomic E-state index is 14.0. The molecule has 15 heteroatoms. The molecule has 1 spiro atoms. The molecule has 1 N–H and O–H groups in total. The Morgan fingerprint density at radius 3 is 2.02 bits per heavy atom. The number of carbonyl (C=O) groups excluding carboxylic acids is 5.